The van der Waals surface area contributed by atoms with Gasteiger partial charge in [-0.2, -0.15) is 5.26 Å². The zero-order valence-corrected chi connectivity index (χ0v) is 7.09. The molecule has 1 aliphatic rings. The van der Waals surface area contributed by atoms with Crippen LogP contribution in [0.3, 0.4) is 0 Å². The van der Waals surface area contributed by atoms with Crippen molar-refractivity contribution in [3.63, 3.8) is 0 Å². The quantitative estimate of drug-likeness (QED) is 0.715. The maximum absolute atomic E-state index is 8.88. The fraction of sp³-hybridized carbons (Fsp3) is 0.556. The highest BCUT2D eigenvalue weighted by Gasteiger charge is 2.47. The SMILES string of the molecule is CCc1cnc(C2(C#N)CC2)[nH]1. The number of aryl methyl sites for hydroxylation is 1. The normalized spacial score (nSPS) is 18.7. The molecule has 1 aromatic rings. The number of nitrogens with one attached hydrogen (secondary N) is 1. The van der Waals surface area contributed by atoms with E-state index >= 15 is 0 Å². The third-order valence-corrected chi connectivity index (χ3v) is 2.43. The van der Waals surface area contributed by atoms with Gasteiger partial charge in [-0.15, -0.1) is 0 Å². The second-order valence-corrected chi connectivity index (χ2v) is 3.30. The zero-order valence-electron chi connectivity index (χ0n) is 7.09. The van der Waals surface area contributed by atoms with Crippen molar-refractivity contribution < 1.29 is 0 Å². The van der Waals surface area contributed by atoms with Gasteiger partial charge in [0.2, 0.25) is 0 Å². The number of nitrogens with zero attached hydrogens (tertiary/aromatic N) is 2. The second kappa shape index (κ2) is 2.34. The highest BCUT2D eigenvalue weighted by molar-refractivity contribution is 5.30. The van der Waals surface area contributed by atoms with Crippen LogP contribution in [-0.2, 0) is 11.8 Å². The summed E-state index contributed by atoms with van der Waals surface area (Å²) in [6.45, 7) is 2.07. The Kier molecular flexibility index (Phi) is 1.44. The molecule has 62 valence electrons. The molecule has 0 radical (unpaired) electrons. The molecule has 1 saturated carbocycles. The molecule has 1 aromatic heterocycles. The second-order valence-electron chi connectivity index (χ2n) is 3.30. The van der Waals surface area contributed by atoms with Gasteiger partial charge in [-0.05, 0) is 19.3 Å². The molecule has 0 aliphatic heterocycles. The molecule has 2 rings (SSSR count). The Labute approximate surface area is 71.4 Å². The first-order valence-corrected chi connectivity index (χ1v) is 4.26. The lowest BCUT2D eigenvalue weighted by molar-refractivity contribution is 0.814. The van der Waals surface area contributed by atoms with Crippen LogP contribution in [-0.4, -0.2) is 9.97 Å². The van der Waals surface area contributed by atoms with Crippen LogP contribution in [0.4, 0.5) is 0 Å². The van der Waals surface area contributed by atoms with Crippen molar-refractivity contribution in [3.05, 3.63) is 17.7 Å². The minimum Gasteiger partial charge on any atom is -0.345 e. The summed E-state index contributed by atoms with van der Waals surface area (Å²) in [7, 11) is 0. The average Bonchev–Trinajstić information content (AvgIpc) is 2.77. The summed E-state index contributed by atoms with van der Waals surface area (Å²) in [4.78, 5) is 7.40. The smallest absolute Gasteiger partial charge is 0.126 e. The number of imidazole rings is 1. The lowest BCUT2D eigenvalue weighted by Gasteiger charge is -1.98. The zero-order chi connectivity index (χ0) is 8.60. The van der Waals surface area contributed by atoms with Crippen molar-refractivity contribution in [1.82, 2.24) is 9.97 Å². The first-order valence-electron chi connectivity index (χ1n) is 4.26. The van der Waals surface area contributed by atoms with Crippen molar-refractivity contribution in [3.8, 4) is 6.07 Å². The van der Waals surface area contributed by atoms with Crippen LogP contribution >= 0.6 is 0 Å². The van der Waals surface area contributed by atoms with E-state index in [9.17, 15) is 0 Å². The van der Waals surface area contributed by atoms with Crippen molar-refractivity contribution in [2.75, 3.05) is 0 Å². The van der Waals surface area contributed by atoms with Crippen molar-refractivity contribution in [1.29, 1.82) is 5.26 Å². The van der Waals surface area contributed by atoms with E-state index in [2.05, 4.69) is 23.0 Å². The number of rotatable bonds is 2. The Morgan fingerprint density at radius 2 is 2.50 bits per heavy atom. The van der Waals surface area contributed by atoms with E-state index in [1.54, 1.807) is 0 Å². The summed E-state index contributed by atoms with van der Waals surface area (Å²) in [5.41, 5.74) is 0.861. The number of H-pyrrole nitrogens is 1. The van der Waals surface area contributed by atoms with Crippen molar-refractivity contribution in [2.45, 2.75) is 31.6 Å². The number of hydrogen-bond acceptors (Lipinski definition) is 2. The maximum atomic E-state index is 8.88. The maximum Gasteiger partial charge on any atom is 0.126 e. The Balaban J connectivity index is 2.30. The van der Waals surface area contributed by atoms with E-state index < -0.39 is 0 Å². The lowest BCUT2D eigenvalue weighted by Crippen LogP contribution is -2.04. The van der Waals surface area contributed by atoms with Crippen LogP contribution in [0.15, 0.2) is 6.20 Å². The van der Waals surface area contributed by atoms with E-state index in [-0.39, 0.29) is 5.41 Å². The molecule has 0 atom stereocenters. The summed E-state index contributed by atoms with van der Waals surface area (Å²) in [6, 6.07) is 2.31. The molecular formula is C9H11N3. The molecule has 0 spiro atoms. The number of aromatic nitrogens is 2. The van der Waals surface area contributed by atoms with Crippen molar-refractivity contribution >= 4 is 0 Å². The van der Waals surface area contributed by atoms with Crippen LogP contribution in [0.1, 0.15) is 31.3 Å². The van der Waals surface area contributed by atoms with Crippen LogP contribution < -0.4 is 0 Å². The molecule has 0 amide bonds. The van der Waals surface area contributed by atoms with Gasteiger partial charge in [-0.1, -0.05) is 6.92 Å². The van der Waals surface area contributed by atoms with Gasteiger partial charge >= 0.3 is 0 Å². The van der Waals surface area contributed by atoms with Gasteiger partial charge in [0.15, 0.2) is 0 Å². The molecule has 0 aromatic carbocycles. The summed E-state index contributed by atoms with van der Waals surface area (Å²) in [5.74, 6) is 0.863. The third-order valence-electron chi connectivity index (χ3n) is 2.43. The molecule has 0 bridgehead atoms. The average molecular weight is 161 g/mol. The molecule has 3 nitrogen and oxygen atoms in total. The Morgan fingerprint density at radius 1 is 1.75 bits per heavy atom. The van der Waals surface area contributed by atoms with E-state index in [0.717, 1.165) is 30.8 Å². The third kappa shape index (κ3) is 0.918. The van der Waals surface area contributed by atoms with Crippen LogP contribution in [0, 0.1) is 11.3 Å². The van der Waals surface area contributed by atoms with E-state index in [4.69, 9.17) is 5.26 Å². The summed E-state index contributed by atoms with van der Waals surface area (Å²) >= 11 is 0. The van der Waals surface area contributed by atoms with E-state index in [1.807, 2.05) is 6.20 Å². The molecule has 1 fully saturated rings. The van der Waals surface area contributed by atoms with Gasteiger partial charge < -0.3 is 4.98 Å². The minimum absolute atomic E-state index is 0.257. The van der Waals surface area contributed by atoms with Gasteiger partial charge in [0.25, 0.3) is 0 Å². The standard InChI is InChI=1S/C9H11N3/c1-2-7-5-11-8(12-7)9(6-10)3-4-9/h5H,2-4H2,1H3,(H,11,12). The molecular weight excluding hydrogens is 150 g/mol. The minimum atomic E-state index is -0.257. The van der Waals surface area contributed by atoms with E-state index in [1.165, 1.54) is 0 Å². The van der Waals surface area contributed by atoms with Crippen LogP contribution in [0.5, 0.6) is 0 Å². The van der Waals surface area contributed by atoms with Crippen LogP contribution in [0.2, 0.25) is 0 Å². The van der Waals surface area contributed by atoms with Crippen LogP contribution in [0.25, 0.3) is 0 Å². The Morgan fingerprint density at radius 3 is 2.92 bits per heavy atom. The number of nitriles is 1. The Hall–Kier alpha value is -1.30. The summed E-state index contributed by atoms with van der Waals surface area (Å²) in [6.07, 6.45) is 4.70. The van der Waals surface area contributed by atoms with E-state index in [0.29, 0.717) is 0 Å². The number of aromatic amines is 1. The van der Waals surface area contributed by atoms with Crippen molar-refractivity contribution in [2.24, 2.45) is 0 Å². The highest BCUT2D eigenvalue weighted by Crippen LogP contribution is 2.45. The monoisotopic (exact) mass is 161 g/mol. The fourth-order valence-corrected chi connectivity index (χ4v) is 1.31. The molecule has 1 heterocycles. The lowest BCUT2D eigenvalue weighted by atomic mass is 10.1. The molecule has 3 heteroatoms. The number of hydrogen-bond donors (Lipinski definition) is 1. The molecule has 1 N–H and O–H groups in total. The van der Waals surface area contributed by atoms with Gasteiger partial charge in [0.05, 0.1) is 6.07 Å². The predicted octanol–water partition coefficient (Wildman–Crippen LogP) is 1.53. The first kappa shape index (κ1) is 7.35. The highest BCUT2D eigenvalue weighted by atomic mass is 14.9. The summed E-state index contributed by atoms with van der Waals surface area (Å²) < 4.78 is 0. The summed E-state index contributed by atoms with van der Waals surface area (Å²) in [5, 5.41) is 8.88. The Bertz CT molecular complexity index is 328. The van der Waals surface area contributed by atoms with Gasteiger partial charge in [0.1, 0.15) is 11.2 Å². The van der Waals surface area contributed by atoms with Gasteiger partial charge in [-0.3, -0.25) is 0 Å². The largest absolute Gasteiger partial charge is 0.345 e. The van der Waals surface area contributed by atoms with Gasteiger partial charge in [-0.25, -0.2) is 4.98 Å². The topological polar surface area (TPSA) is 52.5 Å². The predicted molar refractivity (Wildman–Crippen MR) is 44.5 cm³/mol. The fourth-order valence-electron chi connectivity index (χ4n) is 1.31. The molecule has 0 saturated heterocycles. The first-order chi connectivity index (χ1) is 5.80. The van der Waals surface area contributed by atoms with Gasteiger partial charge in [0, 0.05) is 11.9 Å². The molecule has 0 unspecified atom stereocenters. The molecule has 12 heavy (non-hydrogen) atoms. The molecule has 1 aliphatic carbocycles.